The molecule has 0 spiro atoms. The van der Waals surface area contributed by atoms with Gasteiger partial charge in [0.25, 0.3) is 0 Å². The van der Waals surface area contributed by atoms with Crippen LogP contribution in [0.3, 0.4) is 0 Å². The summed E-state index contributed by atoms with van der Waals surface area (Å²) < 4.78 is 31.4. The molecule has 0 saturated carbocycles. The quantitative estimate of drug-likeness (QED) is 0.820. The Hall–Kier alpha value is -1.70. The molecule has 1 aromatic carbocycles. The van der Waals surface area contributed by atoms with Gasteiger partial charge in [-0.15, -0.1) is 0 Å². The third-order valence-electron chi connectivity index (χ3n) is 3.16. The van der Waals surface area contributed by atoms with E-state index in [9.17, 15) is 13.2 Å². The molecule has 1 amide bonds. The van der Waals surface area contributed by atoms with Gasteiger partial charge in [0.05, 0.1) is 18.1 Å². The third-order valence-corrected chi connectivity index (χ3v) is 5.07. The molecule has 0 bridgehead atoms. The minimum absolute atomic E-state index is 0.208. The molecule has 7 heteroatoms. The smallest absolute Gasteiger partial charge is 0.243 e. The summed E-state index contributed by atoms with van der Waals surface area (Å²) in [5.74, 6) is -0.208. The first kappa shape index (κ1) is 15.7. The van der Waals surface area contributed by atoms with Crippen molar-refractivity contribution in [2.24, 2.45) is 0 Å². The Morgan fingerprint density at radius 3 is 2.43 bits per heavy atom. The summed E-state index contributed by atoms with van der Waals surface area (Å²) in [6.07, 6.45) is 3.02. The number of hydrogen-bond acceptors (Lipinski definition) is 4. The zero-order valence-corrected chi connectivity index (χ0v) is 12.6. The number of ether oxygens (including phenoxy) is 1. The van der Waals surface area contributed by atoms with Gasteiger partial charge in [-0.05, 0) is 23.8 Å². The Morgan fingerprint density at radius 2 is 1.86 bits per heavy atom. The molecule has 0 atom stereocenters. The Morgan fingerprint density at radius 1 is 1.24 bits per heavy atom. The van der Waals surface area contributed by atoms with Gasteiger partial charge in [0, 0.05) is 26.2 Å². The number of amides is 1. The van der Waals surface area contributed by atoms with Crippen LogP contribution in [0.4, 0.5) is 0 Å². The number of morpholine rings is 1. The fourth-order valence-electron chi connectivity index (χ4n) is 1.94. The van der Waals surface area contributed by atoms with Crippen LogP contribution in [0.2, 0.25) is 0 Å². The summed E-state index contributed by atoms with van der Waals surface area (Å²) in [6.45, 7) is 1.60. The molecule has 0 unspecified atom stereocenters. The maximum Gasteiger partial charge on any atom is 0.243 e. The van der Waals surface area contributed by atoms with Crippen molar-refractivity contribution < 1.29 is 17.9 Å². The van der Waals surface area contributed by atoms with Gasteiger partial charge in [-0.1, -0.05) is 12.1 Å². The fraction of sp³-hybridized carbons (Fsp3) is 0.357. The average Bonchev–Trinajstić information content (AvgIpc) is 2.53. The molecule has 0 radical (unpaired) electrons. The summed E-state index contributed by atoms with van der Waals surface area (Å²) in [6, 6.07) is 6.45. The topological polar surface area (TPSA) is 75.7 Å². The van der Waals surface area contributed by atoms with Gasteiger partial charge < -0.3 is 10.1 Å². The molecule has 1 heterocycles. The van der Waals surface area contributed by atoms with Crippen LogP contribution in [0.1, 0.15) is 5.56 Å². The number of rotatable bonds is 4. The highest BCUT2D eigenvalue weighted by Crippen LogP contribution is 2.18. The van der Waals surface area contributed by atoms with E-state index in [2.05, 4.69) is 5.32 Å². The number of likely N-dealkylation sites (N-methyl/N-ethyl adjacent to an activating group) is 1. The van der Waals surface area contributed by atoms with Gasteiger partial charge in [0.2, 0.25) is 15.9 Å². The summed E-state index contributed by atoms with van der Waals surface area (Å²) in [4.78, 5) is 11.4. The van der Waals surface area contributed by atoms with Crippen molar-refractivity contribution in [1.82, 2.24) is 9.62 Å². The Bertz CT molecular complexity index is 617. The maximum atomic E-state index is 12.4. The molecule has 1 aliphatic heterocycles. The first-order chi connectivity index (χ1) is 10.0. The first-order valence-electron chi connectivity index (χ1n) is 6.62. The third kappa shape index (κ3) is 3.90. The molecule has 0 aliphatic carbocycles. The molecule has 0 aromatic heterocycles. The van der Waals surface area contributed by atoms with E-state index in [4.69, 9.17) is 4.74 Å². The van der Waals surface area contributed by atoms with E-state index < -0.39 is 10.0 Å². The highest BCUT2D eigenvalue weighted by atomic mass is 32.2. The molecule has 21 heavy (non-hydrogen) atoms. The van der Waals surface area contributed by atoms with Crippen molar-refractivity contribution in [3.8, 4) is 0 Å². The van der Waals surface area contributed by atoms with Crippen molar-refractivity contribution in [3.63, 3.8) is 0 Å². The summed E-state index contributed by atoms with van der Waals surface area (Å²) in [7, 11) is -1.92. The van der Waals surface area contributed by atoms with Gasteiger partial charge in [0.15, 0.2) is 0 Å². The lowest BCUT2D eigenvalue weighted by Gasteiger charge is -2.26. The largest absolute Gasteiger partial charge is 0.379 e. The maximum absolute atomic E-state index is 12.4. The number of nitrogens with one attached hydrogen (secondary N) is 1. The number of sulfonamides is 1. The van der Waals surface area contributed by atoms with Crippen molar-refractivity contribution >= 4 is 22.0 Å². The minimum atomic E-state index is -3.46. The van der Waals surface area contributed by atoms with Crippen molar-refractivity contribution in [2.45, 2.75) is 4.90 Å². The second-order valence-electron chi connectivity index (χ2n) is 4.53. The standard InChI is InChI=1S/C14H18N2O4S/c1-15-14(17)7-4-12-2-5-13(6-3-12)21(18,19)16-8-10-20-11-9-16/h2-7H,8-11H2,1H3,(H,15,17)/b7-4+. The summed E-state index contributed by atoms with van der Waals surface area (Å²) in [5, 5.41) is 2.47. The summed E-state index contributed by atoms with van der Waals surface area (Å²) >= 11 is 0. The SMILES string of the molecule is CNC(=O)/C=C/c1ccc(S(=O)(=O)N2CCOCC2)cc1. The molecular weight excluding hydrogens is 292 g/mol. The van der Waals surface area contributed by atoms with Crippen LogP contribution in [-0.4, -0.2) is 52.0 Å². The monoisotopic (exact) mass is 310 g/mol. The number of carbonyl (C=O) groups is 1. The minimum Gasteiger partial charge on any atom is -0.379 e. The molecule has 1 aliphatic rings. The van der Waals surface area contributed by atoms with E-state index in [0.717, 1.165) is 5.56 Å². The fourth-order valence-corrected chi connectivity index (χ4v) is 3.35. The van der Waals surface area contributed by atoms with E-state index in [0.29, 0.717) is 26.3 Å². The van der Waals surface area contributed by atoms with Gasteiger partial charge in [-0.25, -0.2) is 8.42 Å². The van der Waals surface area contributed by atoms with Gasteiger partial charge in [0.1, 0.15) is 0 Å². The molecule has 1 N–H and O–H groups in total. The zero-order chi connectivity index (χ0) is 15.3. The predicted octanol–water partition coefficient (Wildman–Crippen LogP) is 0.467. The lowest BCUT2D eigenvalue weighted by Crippen LogP contribution is -2.40. The first-order valence-corrected chi connectivity index (χ1v) is 8.06. The lowest BCUT2D eigenvalue weighted by atomic mass is 10.2. The van der Waals surface area contributed by atoms with E-state index in [1.165, 1.54) is 10.4 Å². The van der Waals surface area contributed by atoms with E-state index >= 15 is 0 Å². The lowest BCUT2D eigenvalue weighted by molar-refractivity contribution is -0.115. The van der Waals surface area contributed by atoms with E-state index in [1.54, 1.807) is 37.4 Å². The predicted molar refractivity (Wildman–Crippen MR) is 79.1 cm³/mol. The van der Waals surface area contributed by atoms with E-state index in [1.807, 2.05) is 0 Å². The van der Waals surface area contributed by atoms with Crippen LogP contribution < -0.4 is 5.32 Å². The van der Waals surface area contributed by atoms with Crippen LogP contribution in [0.5, 0.6) is 0 Å². The molecule has 6 nitrogen and oxygen atoms in total. The van der Waals surface area contributed by atoms with Gasteiger partial charge in [-0.3, -0.25) is 4.79 Å². The van der Waals surface area contributed by atoms with E-state index in [-0.39, 0.29) is 10.8 Å². The molecule has 1 saturated heterocycles. The van der Waals surface area contributed by atoms with Crippen LogP contribution in [0, 0.1) is 0 Å². The van der Waals surface area contributed by atoms with Crippen LogP contribution in [0.25, 0.3) is 6.08 Å². The molecule has 2 rings (SSSR count). The molecule has 1 aromatic rings. The van der Waals surface area contributed by atoms with Crippen molar-refractivity contribution in [2.75, 3.05) is 33.4 Å². The summed E-state index contributed by atoms with van der Waals surface area (Å²) in [5.41, 5.74) is 0.763. The van der Waals surface area contributed by atoms with Crippen LogP contribution in [0.15, 0.2) is 35.2 Å². The molecule has 1 fully saturated rings. The second kappa shape index (κ2) is 6.84. The zero-order valence-electron chi connectivity index (χ0n) is 11.8. The van der Waals surface area contributed by atoms with Crippen molar-refractivity contribution in [3.05, 3.63) is 35.9 Å². The average molecular weight is 310 g/mol. The van der Waals surface area contributed by atoms with Crippen LogP contribution >= 0.6 is 0 Å². The number of nitrogens with zero attached hydrogens (tertiary/aromatic N) is 1. The Labute approximate surface area is 124 Å². The normalized spacial score (nSPS) is 17.0. The van der Waals surface area contributed by atoms with Gasteiger partial charge >= 0.3 is 0 Å². The highest BCUT2D eigenvalue weighted by molar-refractivity contribution is 7.89. The highest BCUT2D eigenvalue weighted by Gasteiger charge is 2.25. The Kier molecular flexibility index (Phi) is 5.11. The second-order valence-corrected chi connectivity index (χ2v) is 6.47. The number of benzene rings is 1. The Balaban J connectivity index is 2.14. The van der Waals surface area contributed by atoms with Crippen molar-refractivity contribution in [1.29, 1.82) is 0 Å². The van der Waals surface area contributed by atoms with Gasteiger partial charge in [-0.2, -0.15) is 4.31 Å². The molecule has 114 valence electrons. The van der Waals surface area contributed by atoms with Crippen LogP contribution in [-0.2, 0) is 19.6 Å². The number of hydrogen-bond donors (Lipinski definition) is 1. The number of carbonyl (C=O) groups excluding carboxylic acids is 1. The molecular formula is C14H18N2O4S.